The summed E-state index contributed by atoms with van der Waals surface area (Å²) >= 11 is 0. The molecule has 0 aromatic heterocycles. The molecule has 3 amide bonds. The van der Waals surface area contributed by atoms with Crippen molar-refractivity contribution in [2.24, 2.45) is 5.92 Å². The number of ketones is 1. The van der Waals surface area contributed by atoms with Crippen LogP contribution in [0.3, 0.4) is 0 Å². The molecule has 2 aromatic carbocycles. The van der Waals surface area contributed by atoms with E-state index in [0.29, 0.717) is 30.0 Å². The van der Waals surface area contributed by atoms with Gasteiger partial charge in [0, 0.05) is 36.3 Å². The van der Waals surface area contributed by atoms with Gasteiger partial charge in [-0.05, 0) is 5.56 Å². The Hall–Kier alpha value is -3.45. The maximum atomic E-state index is 13.4. The molecule has 3 aliphatic rings. The molecule has 3 atom stereocenters. The number of allylic oxidation sites excluding steroid dienone is 1. The summed E-state index contributed by atoms with van der Waals surface area (Å²) in [5.41, 5.74) is 3.58. The molecule has 1 saturated heterocycles. The van der Waals surface area contributed by atoms with Gasteiger partial charge < -0.3 is 15.0 Å². The number of rotatable bonds is 4. The first-order valence-electron chi connectivity index (χ1n) is 9.92. The number of fused-ring (bicyclic) bond motifs is 3. The molecule has 0 saturated carbocycles. The normalized spacial score (nSPS) is 24.8. The molecule has 5 rings (SSSR count). The topological polar surface area (TPSA) is 87.7 Å². The van der Waals surface area contributed by atoms with E-state index in [0.717, 1.165) is 11.1 Å². The largest absolute Gasteiger partial charge is 0.383 e. The number of benzene rings is 2. The van der Waals surface area contributed by atoms with Gasteiger partial charge in [-0.2, -0.15) is 0 Å². The van der Waals surface area contributed by atoms with Crippen LogP contribution in [0.2, 0.25) is 0 Å². The number of Topliss-reactive ketones (excluding diaryl/α,β-unsaturated/α-hetero) is 1. The standard InChI is InChI=1S/C23H21N3O4/c1-30-12-11-26-21-18(22(28)25-23(26)29)16(13-7-3-2-4-8-13)17-19(24-21)14-9-5-6-10-15(14)20(17)27/h2-10,16,18,21,24H,11-12H2,1H3,(H,25,28,29). The molecule has 2 aliphatic heterocycles. The number of ether oxygens (including phenoxy) is 1. The highest BCUT2D eigenvalue weighted by Crippen LogP contribution is 2.48. The summed E-state index contributed by atoms with van der Waals surface area (Å²) in [6, 6.07) is 16.5. The highest BCUT2D eigenvalue weighted by Gasteiger charge is 2.53. The minimum Gasteiger partial charge on any atom is -0.383 e. The average molecular weight is 403 g/mol. The minimum atomic E-state index is -0.640. The first-order valence-corrected chi connectivity index (χ1v) is 9.92. The fourth-order valence-electron chi connectivity index (χ4n) is 4.77. The third kappa shape index (κ3) is 2.66. The van der Waals surface area contributed by atoms with Gasteiger partial charge in [-0.15, -0.1) is 0 Å². The van der Waals surface area contributed by atoms with Crippen molar-refractivity contribution in [2.75, 3.05) is 20.3 Å². The van der Waals surface area contributed by atoms with Crippen molar-refractivity contribution in [3.8, 4) is 0 Å². The lowest BCUT2D eigenvalue weighted by Gasteiger charge is -2.47. The lowest BCUT2D eigenvalue weighted by Crippen LogP contribution is -2.67. The van der Waals surface area contributed by atoms with Gasteiger partial charge in [-0.3, -0.25) is 14.9 Å². The molecule has 2 heterocycles. The van der Waals surface area contributed by atoms with E-state index in [9.17, 15) is 14.4 Å². The van der Waals surface area contributed by atoms with Crippen LogP contribution >= 0.6 is 0 Å². The predicted molar refractivity (Wildman–Crippen MR) is 109 cm³/mol. The van der Waals surface area contributed by atoms with Crippen molar-refractivity contribution in [1.82, 2.24) is 15.5 Å². The van der Waals surface area contributed by atoms with Crippen molar-refractivity contribution in [1.29, 1.82) is 0 Å². The summed E-state index contributed by atoms with van der Waals surface area (Å²) in [7, 11) is 1.57. The third-order valence-electron chi connectivity index (χ3n) is 6.08. The molecule has 1 fully saturated rings. The van der Waals surface area contributed by atoms with Gasteiger partial charge in [0.25, 0.3) is 0 Å². The summed E-state index contributed by atoms with van der Waals surface area (Å²) in [6.45, 7) is 0.660. The van der Waals surface area contributed by atoms with Crippen LogP contribution in [-0.2, 0) is 9.53 Å². The molecule has 152 valence electrons. The number of nitrogens with zero attached hydrogens (tertiary/aromatic N) is 1. The molecule has 0 spiro atoms. The van der Waals surface area contributed by atoms with Crippen LogP contribution < -0.4 is 10.6 Å². The average Bonchev–Trinajstić information content (AvgIpc) is 3.05. The van der Waals surface area contributed by atoms with Gasteiger partial charge in [-0.25, -0.2) is 4.79 Å². The first-order chi connectivity index (χ1) is 14.6. The number of carbonyl (C=O) groups is 3. The molecule has 1 aliphatic carbocycles. The van der Waals surface area contributed by atoms with Gasteiger partial charge in [0.2, 0.25) is 5.91 Å². The Kier molecular flexibility index (Phi) is 4.40. The zero-order chi connectivity index (χ0) is 20.8. The number of methoxy groups -OCH3 is 1. The number of hydrogen-bond donors (Lipinski definition) is 2. The summed E-state index contributed by atoms with van der Waals surface area (Å²) in [5, 5.41) is 5.84. The summed E-state index contributed by atoms with van der Waals surface area (Å²) < 4.78 is 5.17. The second-order valence-corrected chi connectivity index (χ2v) is 7.65. The lowest BCUT2D eigenvalue weighted by atomic mass is 9.73. The number of nitrogens with one attached hydrogen (secondary N) is 2. The molecule has 0 bridgehead atoms. The highest BCUT2D eigenvalue weighted by atomic mass is 16.5. The molecule has 2 N–H and O–H groups in total. The fraction of sp³-hybridized carbons (Fsp3) is 0.261. The molecule has 7 heteroatoms. The van der Waals surface area contributed by atoms with Crippen LogP contribution in [0.4, 0.5) is 4.79 Å². The van der Waals surface area contributed by atoms with Gasteiger partial charge in [-0.1, -0.05) is 54.6 Å². The fourth-order valence-corrected chi connectivity index (χ4v) is 4.77. The van der Waals surface area contributed by atoms with Crippen LogP contribution in [0, 0.1) is 5.92 Å². The minimum absolute atomic E-state index is 0.0754. The van der Waals surface area contributed by atoms with Crippen molar-refractivity contribution >= 4 is 23.4 Å². The maximum absolute atomic E-state index is 13.4. The molecular weight excluding hydrogens is 382 g/mol. The number of urea groups is 1. The Balaban J connectivity index is 1.69. The number of hydrogen-bond acceptors (Lipinski definition) is 5. The predicted octanol–water partition coefficient (Wildman–Crippen LogP) is 2.12. The zero-order valence-electron chi connectivity index (χ0n) is 16.4. The quantitative estimate of drug-likeness (QED) is 0.817. The van der Waals surface area contributed by atoms with E-state index in [1.807, 2.05) is 48.5 Å². The van der Waals surface area contributed by atoms with Gasteiger partial charge in [0.15, 0.2) is 5.78 Å². The zero-order valence-corrected chi connectivity index (χ0v) is 16.4. The highest BCUT2D eigenvalue weighted by molar-refractivity contribution is 6.22. The Morgan fingerprint density at radius 1 is 0.967 bits per heavy atom. The van der Waals surface area contributed by atoms with Gasteiger partial charge in [0.1, 0.15) is 6.17 Å². The first kappa shape index (κ1) is 18.6. The van der Waals surface area contributed by atoms with Crippen molar-refractivity contribution in [3.63, 3.8) is 0 Å². The Morgan fingerprint density at radius 2 is 1.67 bits per heavy atom. The van der Waals surface area contributed by atoms with Crippen LogP contribution in [0.25, 0.3) is 5.70 Å². The van der Waals surface area contributed by atoms with E-state index in [2.05, 4.69) is 10.6 Å². The number of imide groups is 1. The smallest absolute Gasteiger partial charge is 0.325 e. The van der Waals surface area contributed by atoms with Gasteiger partial charge >= 0.3 is 6.03 Å². The van der Waals surface area contributed by atoms with E-state index in [-0.39, 0.29) is 11.7 Å². The van der Waals surface area contributed by atoms with Crippen LogP contribution in [0.1, 0.15) is 27.4 Å². The van der Waals surface area contributed by atoms with E-state index in [1.54, 1.807) is 18.1 Å². The van der Waals surface area contributed by atoms with Crippen LogP contribution in [0.15, 0.2) is 60.2 Å². The molecule has 2 aromatic rings. The van der Waals surface area contributed by atoms with E-state index >= 15 is 0 Å². The van der Waals surface area contributed by atoms with Gasteiger partial charge in [0.05, 0.1) is 18.2 Å². The summed E-state index contributed by atoms with van der Waals surface area (Å²) in [4.78, 5) is 40.6. The second kappa shape index (κ2) is 7.11. The summed E-state index contributed by atoms with van der Waals surface area (Å²) in [6.07, 6.45) is -0.579. The van der Waals surface area contributed by atoms with Crippen molar-refractivity contribution in [3.05, 3.63) is 76.9 Å². The molecule has 0 radical (unpaired) electrons. The second-order valence-electron chi connectivity index (χ2n) is 7.65. The summed E-state index contributed by atoms with van der Waals surface area (Å²) in [5.74, 6) is -1.56. The van der Waals surface area contributed by atoms with E-state index in [4.69, 9.17) is 4.74 Å². The molecule has 3 unspecified atom stereocenters. The maximum Gasteiger partial charge on any atom is 0.325 e. The van der Waals surface area contributed by atoms with Crippen molar-refractivity contribution in [2.45, 2.75) is 12.1 Å². The monoisotopic (exact) mass is 403 g/mol. The molecule has 30 heavy (non-hydrogen) atoms. The number of amides is 3. The molecule has 7 nitrogen and oxygen atoms in total. The number of carbonyl (C=O) groups excluding carboxylic acids is 3. The Labute approximate surface area is 173 Å². The Morgan fingerprint density at radius 3 is 2.40 bits per heavy atom. The SMILES string of the molecule is COCCN1C(=O)NC(=O)C2C(c3ccccc3)C3=C(NC21)c1ccccc1C3=O. The Bertz CT molecular complexity index is 1080. The van der Waals surface area contributed by atoms with E-state index < -0.39 is 24.0 Å². The third-order valence-corrected chi connectivity index (χ3v) is 6.08. The van der Waals surface area contributed by atoms with Crippen molar-refractivity contribution < 1.29 is 19.1 Å². The lowest BCUT2D eigenvalue weighted by molar-refractivity contribution is -0.129. The van der Waals surface area contributed by atoms with Crippen LogP contribution in [-0.4, -0.2) is 49.0 Å². The van der Waals surface area contributed by atoms with E-state index in [1.165, 1.54) is 0 Å². The molecular formula is C23H21N3O4. The van der Waals surface area contributed by atoms with Crippen LogP contribution in [0.5, 0.6) is 0 Å².